The number of fused-ring (bicyclic) bond motifs is 1. The molecular formula is C27H26BrN5O4. The first-order valence-electron chi connectivity index (χ1n) is 12.1. The van der Waals surface area contributed by atoms with Crippen molar-refractivity contribution in [2.45, 2.75) is 44.3 Å². The summed E-state index contributed by atoms with van der Waals surface area (Å²) < 4.78 is 2.32. The fourth-order valence-electron chi connectivity index (χ4n) is 4.76. The van der Waals surface area contributed by atoms with Gasteiger partial charge in [0.15, 0.2) is 11.5 Å². The first-order valence-corrected chi connectivity index (χ1v) is 12.9. The normalized spacial score (nSPS) is 14.5. The largest absolute Gasteiger partial charge is 0.504 e. The number of nitrogens with zero attached hydrogens (tertiary/aromatic N) is 4. The maximum absolute atomic E-state index is 14.0. The van der Waals surface area contributed by atoms with Crippen molar-refractivity contribution in [1.29, 1.82) is 0 Å². The zero-order valence-electron chi connectivity index (χ0n) is 19.9. The predicted molar refractivity (Wildman–Crippen MR) is 142 cm³/mol. The molecule has 1 aromatic heterocycles. The third-order valence-electron chi connectivity index (χ3n) is 6.60. The van der Waals surface area contributed by atoms with Gasteiger partial charge in [0, 0.05) is 16.2 Å². The molecule has 1 saturated carbocycles. The molecule has 1 heterocycles. The summed E-state index contributed by atoms with van der Waals surface area (Å²) in [5.74, 6) is -1.44. The van der Waals surface area contributed by atoms with Gasteiger partial charge >= 0.3 is 0 Å². The van der Waals surface area contributed by atoms with E-state index in [1.807, 2.05) is 24.3 Å². The van der Waals surface area contributed by atoms with Crippen LogP contribution in [0, 0.1) is 0 Å². The molecule has 3 N–H and O–H groups in total. The van der Waals surface area contributed by atoms with Crippen LogP contribution in [0.3, 0.4) is 0 Å². The summed E-state index contributed by atoms with van der Waals surface area (Å²) >= 11 is 3.43. The number of aromatic hydroxyl groups is 2. The van der Waals surface area contributed by atoms with Gasteiger partial charge in [-0.1, -0.05) is 52.2 Å². The van der Waals surface area contributed by atoms with E-state index in [1.165, 1.54) is 27.8 Å². The van der Waals surface area contributed by atoms with Crippen molar-refractivity contribution >= 4 is 44.5 Å². The number of phenolic OH excluding ortho intramolecular Hbond substituents is 2. The molecule has 1 aliphatic rings. The molecule has 0 bridgehead atoms. The minimum Gasteiger partial charge on any atom is -0.504 e. The van der Waals surface area contributed by atoms with E-state index in [2.05, 4.69) is 31.6 Å². The summed E-state index contributed by atoms with van der Waals surface area (Å²) in [7, 11) is 0. The van der Waals surface area contributed by atoms with E-state index in [4.69, 9.17) is 0 Å². The fourth-order valence-corrected chi connectivity index (χ4v) is 5.02. The molecule has 37 heavy (non-hydrogen) atoms. The van der Waals surface area contributed by atoms with Gasteiger partial charge in [0.05, 0.1) is 5.52 Å². The summed E-state index contributed by atoms with van der Waals surface area (Å²) in [5, 5.41) is 31.5. The second kappa shape index (κ2) is 10.6. The number of rotatable bonds is 7. The van der Waals surface area contributed by atoms with Crippen LogP contribution in [0.2, 0.25) is 0 Å². The highest BCUT2D eigenvalue weighted by atomic mass is 79.9. The average Bonchev–Trinajstić information content (AvgIpc) is 3.55. The lowest BCUT2D eigenvalue weighted by Gasteiger charge is -2.32. The lowest BCUT2D eigenvalue weighted by molar-refractivity contribution is -0.127. The van der Waals surface area contributed by atoms with Gasteiger partial charge in [-0.2, -0.15) is 0 Å². The maximum Gasteiger partial charge on any atom is 0.249 e. The third kappa shape index (κ3) is 5.29. The van der Waals surface area contributed by atoms with Crippen molar-refractivity contribution in [3.8, 4) is 11.5 Å². The van der Waals surface area contributed by atoms with Crippen molar-refractivity contribution < 1.29 is 19.8 Å². The van der Waals surface area contributed by atoms with Crippen molar-refractivity contribution in [2.75, 3.05) is 4.90 Å². The molecular weight excluding hydrogens is 538 g/mol. The van der Waals surface area contributed by atoms with Gasteiger partial charge in [-0.05, 0) is 66.9 Å². The molecule has 0 radical (unpaired) electrons. The van der Waals surface area contributed by atoms with Crippen molar-refractivity contribution in [2.24, 2.45) is 0 Å². The second-order valence-corrected chi connectivity index (χ2v) is 10.0. The predicted octanol–water partition coefficient (Wildman–Crippen LogP) is 4.44. The van der Waals surface area contributed by atoms with Crippen LogP contribution in [0.25, 0.3) is 11.0 Å². The zero-order chi connectivity index (χ0) is 25.9. The quantitative estimate of drug-likeness (QED) is 0.286. The Balaban J connectivity index is 1.58. The Labute approximate surface area is 221 Å². The Bertz CT molecular complexity index is 1430. The summed E-state index contributed by atoms with van der Waals surface area (Å²) in [6, 6.07) is 17.5. The van der Waals surface area contributed by atoms with Gasteiger partial charge in [0.2, 0.25) is 11.8 Å². The Morgan fingerprint density at radius 2 is 1.76 bits per heavy atom. The Hall–Kier alpha value is -3.92. The highest BCUT2D eigenvalue weighted by molar-refractivity contribution is 9.10. The molecule has 0 unspecified atom stereocenters. The van der Waals surface area contributed by atoms with Gasteiger partial charge in [0.25, 0.3) is 0 Å². The first-order chi connectivity index (χ1) is 17.9. The number of halogens is 1. The van der Waals surface area contributed by atoms with E-state index >= 15 is 0 Å². The Morgan fingerprint density at radius 1 is 1.03 bits per heavy atom. The monoisotopic (exact) mass is 563 g/mol. The smallest absolute Gasteiger partial charge is 0.249 e. The number of aromatic nitrogens is 3. The molecule has 0 spiro atoms. The molecule has 0 saturated heterocycles. The number of amides is 2. The fraction of sp³-hybridized carbons (Fsp3) is 0.259. The number of anilines is 1. The van der Waals surface area contributed by atoms with Crippen molar-refractivity contribution in [1.82, 2.24) is 20.3 Å². The number of carbonyl (C=O) groups excluding carboxylic acids is 2. The Morgan fingerprint density at radius 3 is 2.49 bits per heavy atom. The zero-order valence-corrected chi connectivity index (χ0v) is 21.5. The van der Waals surface area contributed by atoms with Crippen LogP contribution in [-0.2, 0) is 16.1 Å². The van der Waals surface area contributed by atoms with E-state index in [0.717, 1.165) is 30.2 Å². The highest BCUT2D eigenvalue weighted by Gasteiger charge is 2.35. The van der Waals surface area contributed by atoms with Crippen LogP contribution in [0.5, 0.6) is 11.5 Å². The number of nitrogens with one attached hydrogen (secondary N) is 1. The van der Waals surface area contributed by atoms with Crippen LogP contribution in [-0.4, -0.2) is 43.1 Å². The lowest BCUT2D eigenvalue weighted by Crippen LogP contribution is -2.47. The van der Waals surface area contributed by atoms with Crippen LogP contribution in [0.1, 0.15) is 37.3 Å². The molecule has 2 amide bonds. The molecule has 190 valence electrons. The Kier molecular flexibility index (Phi) is 7.09. The standard InChI is InChI=1S/C27H26BrN5O4/c28-18-10-12-20(13-11-18)33(25(36)16-32-22-8-4-3-7-21(22)30-31-32)26(17-9-14-23(34)24(35)15-17)27(37)29-19-5-1-2-6-19/h3-4,7-15,19,26,34-35H,1-2,5-6,16H2,(H,29,37)/t26-/m1/s1. The minimum atomic E-state index is -1.10. The summed E-state index contributed by atoms with van der Waals surface area (Å²) in [4.78, 5) is 29.2. The van der Waals surface area contributed by atoms with E-state index in [0.29, 0.717) is 22.3 Å². The van der Waals surface area contributed by atoms with Gasteiger partial charge in [-0.25, -0.2) is 4.68 Å². The average molecular weight is 564 g/mol. The van der Waals surface area contributed by atoms with Gasteiger partial charge in [0.1, 0.15) is 18.1 Å². The number of phenols is 2. The number of benzene rings is 3. The molecule has 5 rings (SSSR count). The van der Waals surface area contributed by atoms with Crippen LogP contribution in [0.15, 0.2) is 71.2 Å². The van der Waals surface area contributed by atoms with E-state index in [1.54, 1.807) is 24.3 Å². The summed E-state index contributed by atoms with van der Waals surface area (Å²) in [6.07, 6.45) is 3.81. The van der Waals surface area contributed by atoms with Crippen LogP contribution in [0.4, 0.5) is 5.69 Å². The molecule has 4 aromatic rings. The van der Waals surface area contributed by atoms with Gasteiger partial charge < -0.3 is 15.5 Å². The molecule has 10 heteroatoms. The molecule has 1 aliphatic carbocycles. The third-order valence-corrected chi connectivity index (χ3v) is 7.13. The number of carbonyl (C=O) groups is 2. The van der Waals surface area contributed by atoms with Crippen molar-refractivity contribution in [3.63, 3.8) is 0 Å². The van der Waals surface area contributed by atoms with E-state index < -0.39 is 11.9 Å². The summed E-state index contributed by atoms with van der Waals surface area (Å²) in [5.41, 5.74) is 2.22. The molecule has 0 aliphatic heterocycles. The van der Waals surface area contributed by atoms with Gasteiger partial charge in [-0.3, -0.25) is 14.5 Å². The summed E-state index contributed by atoms with van der Waals surface area (Å²) in [6.45, 7) is -0.159. The van der Waals surface area contributed by atoms with Crippen LogP contribution < -0.4 is 10.2 Å². The number of hydrogen-bond acceptors (Lipinski definition) is 6. The maximum atomic E-state index is 14.0. The molecule has 1 atom stereocenters. The van der Waals surface area contributed by atoms with E-state index in [-0.39, 0.29) is 30.0 Å². The number of hydrogen-bond donors (Lipinski definition) is 3. The second-order valence-electron chi connectivity index (χ2n) is 9.12. The van der Waals surface area contributed by atoms with Gasteiger partial charge in [-0.15, -0.1) is 5.10 Å². The number of para-hydroxylation sites is 1. The SMILES string of the molecule is O=C(NC1CCCC1)[C@@H](c1ccc(O)c(O)c1)N(C(=O)Cn1nnc2ccccc21)c1ccc(Br)cc1. The molecule has 3 aromatic carbocycles. The molecule has 9 nitrogen and oxygen atoms in total. The topological polar surface area (TPSA) is 121 Å². The van der Waals surface area contributed by atoms with Crippen molar-refractivity contribution in [3.05, 3.63) is 76.8 Å². The van der Waals surface area contributed by atoms with Crippen LogP contribution >= 0.6 is 15.9 Å². The molecule has 1 fully saturated rings. The first kappa shape index (κ1) is 24.8. The lowest BCUT2D eigenvalue weighted by atomic mass is 10.0. The highest BCUT2D eigenvalue weighted by Crippen LogP contribution is 2.34. The minimum absolute atomic E-state index is 0.0156. The van der Waals surface area contributed by atoms with E-state index in [9.17, 15) is 19.8 Å².